The fourth-order valence-electron chi connectivity index (χ4n) is 1.86. The molecular formula is C16H10ClFN2O3S2. The molecule has 0 spiro atoms. The predicted molar refractivity (Wildman–Crippen MR) is 95.7 cm³/mol. The van der Waals surface area contributed by atoms with Crippen LogP contribution in [0.2, 0.25) is 5.02 Å². The number of thiophene rings is 1. The Morgan fingerprint density at radius 2 is 2.12 bits per heavy atom. The lowest BCUT2D eigenvalue weighted by molar-refractivity contribution is -0.119. The fourth-order valence-corrected chi connectivity index (χ4v) is 3.64. The fraction of sp³-hybridized carbons (Fsp3) is 0.0625. The van der Waals surface area contributed by atoms with Gasteiger partial charge in [0.2, 0.25) is 0 Å². The van der Waals surface area contributed by atoms with E-state index in [1.165, 1.54) is 34.8 Å². The summed E-state index contributed by atoms with van der Waals surface area (Å²) in [6.45, 7) is -0.486. The third-order valence-corrected chi connectivity index (χ3v) is 5.15. The van der Waals surface area contributed by atoms with Crippen molar-refractivity contribution in [2.75, 3.05) is 11.9 Å². The van der Waals surface area contributed by atoms with Gasteiger partial charge in [-0.05, 0) is 29.6 Å². The molecule has 5 nitrogen and oxygen atoms in total. The molecule has 2 aromatic heterocycles. The molecule has 1 amide bonds. The molecule has 1 aromatic carbocycles. The molecule has 0 aliphatic rings. The van der Waals surface area contributed by atoms with Gasteiger partial charge in [0.15, 0.2) is 12.3 Å². The monoisotopic (exact) mass is 396 g/mol. The van der Waals surface area contributed by atoms with Gasteiger partial charge in [0, 0.05) is 11.1 Å². The van der Waals surface area contributed by atoms with Crippen LogP contribution < -0.4 is 5.32 Å². The van der Waals surface area contributed by atoms with Crippen LogP contribution in [-0.4, -0.2) is 23.5 Å². The van der Waals surface area contributed by atoms with E-state index in [-0.39, 0.29) is 10.7 Å². The first-order valence-corrected chi connectivity index (χ1v) is 9.08. The second-order valence-corrected chi connectivity index (χ2v) is 6.98. The molecule has 0 bridgehead atoms. The normalized spacial score (nSPS) is 10.5. The first-order valence-electron chi connectivity index (χ1n) is 6.94. The summed E-state index contributed by atoms with van der Waals surface area (Å²) in [6, 6.07) is 7.55. The van der Waals surface area contributed by atoms with Crippen molar-refractivity contribution in [2.45, 2.75) is 0 Å². The highest BCUT2D eigenvalue weighted by Crippen LogP contribution is 2.28. The van der Waals surface area contributed by atoms with Crippen LogP contribution in [0, 0.1) is 5.82 Å². The lowest BCUT2D eigenvalue weighted by Gasteiger charge is -2.06. The predicted octanol–water partition coefficient (Wildman–Crippen LogP) is 4.46. The van der Waals surface area contributed by atoms with Crippen molar-refractivity contribution >= 4 is 51.8 Å². The summed E-state index contributed by atoms with van der Waals surface area (Å²) < 4.78 is 18.0. The summed E-state index contributed by atoms with van der Waals surface area (Å²) in [6.07, 6.45) is 0. The number of amides is 1. The van der Waals surface area contributed by atoms with Crippen molar-refractivity contribution in [3.8, 4) is 9.88 Å². The van der Waals surface area contributed by atoms with Crippen molar-refractivity contribution in [1.82, 2.24) is 4.98 Å². The summed E-state index contributed by atoms with van der Waals surface area (Å²) in [5.41, 5.74) is 0.451. The molecule has 0 aliphatic heterocycles. The van der Waals surface area contributed by atoms with E-state index in [4.69, 9.17) is 16.3 Å². The molecule has 0 radical (unpaired) electrons. The van der Waals surface area contributed by atoms with Crippen molar-refractivity contribution in [3.05, 3.63) is 57.6 Å². The number of esters is 1. The van der Waals surface area contributed by atoms with E-state index in [9.17, 15) is 14.0 Å². The van der Waals surface area contributed by atoms with E-state index >= 15 is 0 Å². The molecule has 3 rings (SSSR count). The summed E-state index contributed by atoms with van der Waals surface area (Å²) in [4.78, 5) is 28.9. The van der Waals surface area contributed by atoms with Gasteiger partial charge in [-0.3, -0.25) is 4.79 Å². The molecular weight excluding hydrogens is 387 g/mol. The Balaban J connectivity index is 1.55. The number of nitrogens with one attached hydrogen (secondary N) is 1. The highest BCUT2D eigenvalue weighted by molar-refractivity contribution is 7.20. The van der Waals surface area contributed by atoms with Crippen LogP contribution in [0.5, 0.6) is 0 Å². The van der Waals surface area contributed by atoms with Crippen molar-refractivity contribution in [3.63, 3.8) is 0 Å². The summed E-state index contributed by atoms with van der Waals surface area (Å²) in [5, 5.41) is 6.56. The molecule has 0 fully saturated rings. The number of carbonyl (C=O) groups excluding carboxylic acids is 2. The number of thiazole rings is 1. The van der Waals surface area contributed by atoms with Crippen LogP contribution in [0.15, 0.2) is 41.1 Å². The molecule has 0 saturated heterocycles. The van der Waals surface area contributed by atoms with Gasteiger partial charge in [-0.15, -0.1) is 22.7 Å². The smallest absolute Gasteiger partial charge is 0.358 e. The van der Waals surface area contributed by atoms with Crippen LogP contribution in [-0.2, 0) is 9.53 Å². The van der Waals surface area contributed by atoms with Gasteiger partial charge in [-0.2, -0.15) is 0 Å². The van der Waals surface area contributed by atoms with Gasteiger partial charge in [-0.1, -0.05) is 17.7 Å². The Morgan fingerprint density at radius 1 is 1.28 bits per heavy atom. The molecule has 1 N–H and O–H groups in total. The molecule has 0 unspecified atom stereocenters. The Morgan fingerprint density at radius 3 is 2.84 bits per heavy atom. The number of rotatable bonds is 5. The van der Waals surface area contributed by atoms with E-state index in [2.05, 4.69) is 10.3 Å². The minimum atomic E-state index is -0.689. The minimum absolute atomic E-state index is 0.113. The number of carbonyl (C=O) groups is 2. The quantitative estimate of drug-likeness (QED) is 0.646. The highest BCUT2D eigenvalue weighted by atomic mass is 35.5. The number of ether oxygens (including phenoxy) is 1. The first kappa shape index (κ1) is 17.5. The Labute approximate surface area is 155 Å². The average Bonchev–Trinajstić information content (AvgIpc) is 3.26. The minimum Gasteiger partial charge on any atom is -0.451 e. The van der Waals surface area contributed by atoms with Gasteiger partial charge >= 0.3 is 5.97 Å². The lowest BCUT2D eigenvalue weighted by atomic mass is 10.3. The molecule has 25 heavy (non-hydrogen) atoms. The Hall–Kier alpha value is -2.29. The van der Waals surface area contributed by atoms with Gasteiger partial charge in [-0.25, -0.2) is 14.2 Å². The number of hydrogen-bond donors (Lipinski definition) is 1. The molecule has 3 aromatic rings. The van der Waals surface area contributed by atoms with E-state index in [0.29, 0.717) is 10.7 Å². The number of anilines is 1. The van der Waals surface area contributed by atoms with Crippen molar-refractivity contribution < 1.29 is 18.7 Å². The number of aromatic nitrogens is 1. The van der Waals surface area contributed by atoms with E-state index < -0.39 is 24.3 Å². The average molecular weight is 397 g/mol. The third kappa shape index (κ3) is 4.41. The maximum absolute atomic E-state index is 13.1. The SMILES string of the molecule is O=C(COC(=O)c1csc(-c2cccs2)n1)Nc1ccc(F)c(Cl)c1. The number of hydrogen-bond acceptors (Lipinski definition) is 6. The Kier molecular flexibility index (Phi) is 5.42. The van der Waals surface area contributed by atoms with Crippen molar-refractivity contribution in [2.24, 2.45) is 0 Å². The van der Waals surface area contributed by atoms with Gasteiger partial charge < -0.3 is 10.1 Å². The second-order valence-electron chi connectivity index (χ2n) is 4.77. The van der Waals surface area contributed by atoms with Crippen LogP contribution in [0.1, 0.15) is 10.5 Å². The van der Waals surface area contributed by atoms with E-state index in [1.807, 2.05) is 17.5 Å². The lowest BCUT2D eigenvalue weighted by Crippen LogP contribution is -2.21. The number of benzene rings is 1. The zero-order valence-electron chi connectivity index (χ0n) is 12.5. The molecule has 0 saturated carbocycles. The number of nitrogens with zero attached hydrogens (tertiary/aromatic N) is 1. The van der Waals surface area contributed by atoms with E-state index in [0.717, 1.165) is 10.9 Å². The van der Waals surface area contributed by atoms with Crippen LogP contribution >= 0.6 is 34.3 Å². The molecule has 0 atom stereocenters. The third-order valence-electron chi connectivity index (χ3n) is 2.98. The van der Waals surface area contributed by atoms with Crippen LogP contribution in [0.3, 0.4) is 0 Å². The summed E-state index contributed by atoms with van der Waals surface area (Å²) in [7, 11) is 0. The van der Waals surface area contributed by atoms with Gasteiger partial charge in [0.05, 0.1) is 9.90 Å². The first-order chi connectivity index (χ1) is 12.0. The molecule has 0 aliphatic carbocycles. The zero-order chi connectivity index (χ0) is 17.8. The molecule has 9 heteroatoms. The number of halogens is 2. The van der Waals surface area contributed by atoms with Gasteiger partial charge in [0.1, 0.15) is 10.8 Å². The molecule has 128 valence electrons. The second kappa shape index (κ2) is 7.73. The highest BCUT2D eigenvalue weighted by Gasteiger charge is 2.15. The van der Waals surface area contributed by atoms with Crippen LogP contribution in [0.4, 0.5) is 10.1 Å². The topological polar surface area (TPSA) is 68.3 Å². The summed E-state index contributed by atoms with van der Waals surface area (Å²) in [5.74, 6) is -1.84. The summed E-state index contributed by atoms with van der Waals surface area (Å²) >= 11 is 8.47. The van der Waals surface area contributed by atoms with Gasteiger partial charge in [0.25, 0.3) is 5.91 Å². The zero-order valence-corrected chi connectivity index (χ0v) is 14.9. The maximum atomic E-state index is 13.1. The largest absolute Gasteiger partial charge is 0.451 e. The van der Waals surface area contributed by atoms with E-state index in [1.54, 1.807) is 5.38 Å². The van der Waals surface area contributed by atoms with Crippen LogP contribution in [0.25, 0.3) is 9.88 Å². The maximum Gasteiger partial charge on any atom is 0.358 e. The Bertz CT molecular complexity index is 912. The molecule has 2 heterocycles. The standard InChI is InChI=1S/C16H10ClFN2O3S2/c17-10-6-9(3-4-11(10)18)19-14(21)7-23-16(22)12-8-25-15(20-12)13-2-1-5-24-13/h1-6,8H,7H2,(H,19,21). The van der Waals surface area contributed by atoms with Crippen molar-refractivity contribution in [1.29, 1.82) is 0 Å².